The lowest BCUT2D eigenvalue weighted by atomic mass is 9.94. The quantitative estimate of drug-likeness (QED) is 0.878. The van der Waals surface area contributed by atoms with Gasteiger partial charge >= 0.3 is 0 Å². The molecule has 2 heterocycles. The third-order valence-corrected chi connectivity index (χ3v) is 4.50. The molecule has 0 spiro atoms. The normalized spacial score (nSPS) is 16.3. The van der Waals surface area contributed by atoms with E-state index in [1.807, 2.05) is 30.3 Å². The van der Waals surface area contributed by atoms with Crippen LogP contribution in [0.15, 0.2) is 41.5 Å². The summed E-state index contributed by atoms with van der Waals surface area (Å²) < 4.78 is 0. The molecule has 6 nitrogen and oxygen atoms in total. The van der Waals surface area contributed by atoms with Crippen LogP contribution in [0.5, 0.6) is 0 Å². The molecule has 2 aromatic rings. The first kappa shape index (κ1) is 16.4. The molecule has 0 saturated heterocycles. The van der Waals surface area contributed by atoms with Crippen LogP contribution in [0.4, 0.5) is 0 Å². The number of nitrogens with zero attached hydrogens (tertiary/aromatic N) is 2. The van der Waals surface area contributed by atoms with Crippen molar-refractivity contribution in [2.45, 2.75) is 38.3 Å². The summed E-state index contributed by atoms with van der Waals surface area (Å²) in [5, 5.41) is 10.6. The molecule has 0 saturated carbocycles. The summed E-state index contributed by atoms with van der Waals surface area (Å²) in [5.41, 5.74) is 0.641. The van der Waals surface area contributed by atoms with Crippen molar-refractivity contribution in [2.24, 2.45) is 0 Å². The smallest absolute Gasteiger partial charge is 0.255 e. The molecule has 6 heteroatoms. The maximum absolute atomic E-state index is 12.7. The van der Waals surface area contributed by atoms with Crippen LogP contribution in [-0.2, 0) is 24.2 Å². The fraction of sp³-hybridized carbons (Fsp3) is 0.389. The molecular weight excluding hydrogens is 306 g/mol. The molecule has 0 radical (unpaired) electrons. The summed E-state index contributed by atoms with van der Waals surface area (Å²) in [6, 6.07) is 9.76. The summed E-state index contributed by atoms with van der Waals surface area (Å²) in [7, 11) is 0. The van der Waals surface area contributed by atoms with Crippen LogP contribution < -0.4 is 5.56 Å². The molecule has 1 aromatic heterocycles. The number of benzene rings is 1. The lowest BCUT2D eigenvalue weighted by Gasteiger charge is -2.33. The molecule has 1 atom stereocenters. The van der Waals surface area contributed by atoms with E-state index in [9.17, 15) is 14.7 Å². The van der Waals surface area contributed by atoms with E-state index in [2.05, 4.69) is 9.97 Å². The van der Waals surface area contributed by atoms with Gasteiger partial charge in [0.15, 0.2) is 0 Å². The number of aromatic amines is 1. The Morgan fingerprint density at radius 2 is 2.12 bits per heavy atom. The van der Waals surface area contributed by atoms with Crippen molar-refractivity contribution in [3.05, 3.63) is 63.8 Å². The minimum atomic E-state index is -1.46. The zero-order valence-electron chi connectivity index (χ0n) is 13.7. The summed E-state index contributed by atoms with van der Waals surface area (Å²) >= 11 is 0. The molecule has 0 aliphatic carbocycles. The Bertz CT molecular complexity index is 784. The molecule has 1 unspecified atom stereocenters. The molecular formula is C18H21N3O3. The molecule has 126 valence electrons. The number of carbonyl (C=O) groups excluding carboxylic acids is 1. The lowest BCUT2D eigenvalue weighted by Crippen LogP contribution is -2.50. The highest BCUT2D eigenvalue weighted by atomic mass is 16.3. The summed E-state index contributed by atoms with van der Waals surface area (Å²) in [6.07, 6.45) is 2.86. The highest BCUT2D eigenvalue weighted by Crippen LogP contribution is 2.21. The van der Waals surface area contributed by atoms with E-state index in [0.717, 1.165) is 11.3 Å². The zero-order chi connectivity index (χ0) is 17.2. The van der Waals surface area contributed by atoms with Gasteiger partial charge in [-0.25, -0.2) is 4.98 Å². The molecule has 1 aliphatic rings. The predicted molar refractivity (Wildman–Crippen MR) is 89.4 cm³/mol. The van der Waals surface area contributed by atoms with E-state index < -0.39 is 5.60 Å². The molecule has 1 aromatic carbocycles. The number of carbonyl (C=O) groups is 1. The predicted octanol–water partition coefficient (Wildman–Crippen LogP) is 1.04. The van der Waals surface area contributed by atoms with Gasteiger partial charge in [-0.15, -0.1) is 0 Å². The Morgan fingerprint density at radius 1 is 1.38 bits per heavy atom. The minimum Gasteiger partial charge on any atom is -0.380 e. The second kappa shape index (κ2) is 6.57. The lowest BCUT2D eigenvalue weighted by molar-refractivity contribution is -0.151. The number of aliphatic hydroxyl groups is 1. The van der Waals surface area contributed by atoms with Crippen molar-refractivity contribution in [3.8, 4) is 0 Å². The highest BCUT2D eigenvalue weighted by Gasteiger charge is 2.36. The molecule has 1 aliphatic heterocycles. The molecule has 0 fully saturated rings. The Balaban J connectivity index is 1.69. The van der Waals surface area contributed by atoms with Gasteiger partial charge in [-0.2, -0.15) is 0 Å². The number of H-pyrrole nitrogens is 1. The number of nitrogens with one attached hydrogen (secondary N) is 1. The molecule has 3 rings (SSSR count). The van der Waals surface area contributed by atoms with Gasteiger partial charge in [0.2, 0.25) is 0 Å². The van der Waals surface area contributed by atoms with E-state index in [4.69, 9.17) is 0 Å². The van der Waals surface area contributed by atoms with Crippen molar-refractivity contribution < 1.29 is 9.90 Å². The van der Waals surface area contributed by atoms with E-state index in [1.54, 1.807) is 11.8 Å². The molecule has 0 bridgehead atoms. The van der Waals surface area contributed by atoms with Crippen molar-refractivity contribution in [1.29, 1.82) is 0 Å². The number of aryl methyl sites for hydroxylation is 1. The Labute approximate surface area is 140 Å². The fourth-order valence-electron chi connectivity index (χ4n) is 3.01. The monoisotopic (exact) mass is 327 g/mol. The van der Waals surface area contributed by atoms with Crippen LogP contribution >= 0.6 is 0 Å². The molecule has 1 amide bonds. The molecule has 2 N–H and O–H groups in total. The highest BCUT2D eigenvalue weighted by molar-refractivity contribution is 5.84. The van der Waals surface area contributed by atoms with Crippen molar-refractivity contribution in [3.63, 3.8) is 0 Å². The summed E-state index contributed by atoms with van der Waals surface area (Å²) in [6.45, 7) is 2.20. The van der Waals surface area contributed by atoms with Gasteiger partial charge in [-0.3, -0.25) is 9.59 Å². The van der Waals surface area contributed by atoms with Gasteiger partial charge in [0.05, 0.1) is 24.1 Å². The number of aromatic nitrogens is 2. The SMILES string of the molecule is CC(O)(CCc1ccccc1)C(=O)N1CCc2nc[nH]c(=O)c2C1. The third kappa shape index (κ3) is 3.38. The second-order valence-corrected chi connectivity index (χ2v) is 6.39. The Hall–Kier alpha value is -2.47. The van der Waals surface area contributed by atoms with E-state index >= 15 is 0 Å². The number of amides is 1. The summed E-state index contributed by atoms with van der Waals surface area (Å²) in [4.78, 5) is 32.8. The number of hydrogen-bond donors (Lipinski definition) is 2. The molecule has 24 heavy (non-hydrogen) atoms. The first-order valence-electron chi connectivity index (χ1n) is 8.08. The van der Waals surface area contributed by atoms with Gasteiger partial charge in [0.25, 0.3) is 11.5 Å². The topological polar surface area (TPSA) is 86.3 Å². The van der Waals surface area contributed by atoms with Crippen LogP contribution in [0.1, 0.15) is 30.2 Å². The van der Waals surface area contributed by atoms with Gasteiger partial charge in [0.1, 0.15) is 5.60 Å². The maximum atomic E-state index is 12.7. The largest absolute Gasteiger partial charge is 0.380 e. The summed E-state index contributed by atoms with van der Waals surface area (Å²) in [5.74, 6) is -0.340. The second-order valence-electron chi connectivity index (χ2n) is 6.39. The first-order chi connectivity index (χ1) is 11.5. The maximum Gasteiger partial charge on any atom is 0.255 e. The number of hydrogen-bond acceptors (Lipinski definition) is 4. The average Bonchev–Trinajstić information content (AvgIpc) is 2.60. The fourth-order valence-corrected chi connectivity index (χ4v) is 3.01. The average molecular weight is 327 g/mol. The van der Waals surface area contributed by atoms with Crippen LogP contribution in [-0.4, -0.2) is 38.0 Å². The first-order valence-corrected chi connectivity index (χ1v) is 8.08. The van der Waals surface area contributed by atoms with E-state index in [0.29, 0.717) is 31.4 Å². The Kier molecular flexibility index (Phi) is 4.49. The van der Waals surface area contributed by atoms with E-state index in [-0.39, 0.29) is 18.0 Å². The van der Waals surface area contributed by atoms with Crippen molar-refractivity contribution in [1.82, 2.24) is 14.9 Å². The third-order valence-electron chi connectivity index (χ3n) is 4.50. The van der Waals surface area contributed by atoms with Crippen LogP contribution in [0.3, 0.4) is 0 Å². The van der Waals surface area contributed by atoms with Crippen molar-refractivity contribution in [2.75, 3.05) is 6.54 Å². The van der Waals surface area contributed by atoms with Crippen molar-refractivity contribution >= 4 is 5.91 Å². The van der Waals surface area contributed by atoms with Crippen LogP contribution in [0, 0.1) is 0 Å². The van der Waals surface area contributed by atoms with Gasteiger partial charge in [-0.1, -0.05) is 30.3 Å². The van der Waals surface area contributed by atoms with Crippen LogP contribution in [0.25, 0.3) is 0 Å². The Morgan fingerprint density at radius 3 is 2.88 bits per heavy atom. The van der Waals surface area contributed by atoms with E-state index in [1.165, 1.54) is 6.33 Å². The van der Waals surface area contributed by atoms with Crippen LogP contribution in [0.2, 0.25) is 0 Å². The standard InChI is InChI=1S/C18H21N3O3/c1-18(24,9-7-13-5-3-2-4-6-13)17(23)21-10-8-15-14(11-21)16(22)20-12-19-15/h2-6,12,24H,7-11H2,1H3,(H,19,20,22). The van der Waals surface area contributed by atoms with Gasteiger partial charge < -0.3 is 15.0 Å². The number of rotatable bonds is 4. The van der Waals surface area contributed by atoms with Gasteiger partial charge in [0, 0.05) is 13.0 Å². The minimum absolute atomic E-state index is 0.193. The number of fused-ring (bicyclic) bond motifs is 1. The zero-order valence-corrected chi connectivity index (χ0v) is 13.7. The van der Waals surface area contributed by atoms with Gasteiger partial charge in [-0.05, 0) is 25.3 Å².